The number of aliphatic imine (C=N–C) groups is 1. The van der Waals surface area contributed by atoms with E-state index in [2.05, 4.69) is 29.1 Å². The van der Waals surface area contributed by atoms with E-state index in [1.165, 1.54) is 5.56 Å². The highest BCUT2D eigenvalue weighted by molar-refractivity contribution is 5.99. The topological polar surface area (TPSA) is 15.6 Å². The zero-order valence-electron chi connectivity index (χ0n) is 7.20. The number of likely N-dealkylation sites (N-methyl/N-ethyl adjacent to an activating group) is 1. The molecule has 1 aromatic carbocycles. The zero-order chi connectivity index (χ0) is 8.39. The Morgan fingerprint density at radius 3 is 2.58 bits per heavy atom. The van der Waals surface area contributed by atoms with E-state index >= 15 is 0 Å². The second-order valence-electron chi connectivity index (χ2n) is 2.99. The Labute approximate surface area is 72.5 Å². The van der Waals surface area contributed by atoms with Crippen LogP contribution < -0.4 is 0 Å². The van der Waals surface area contributed by atoms with Gasteiger partial charge in [-0.05, 0) is 0 Å². The first-order valence-corrected chi connectivity index (χ1v) is 4.19. The van der Waals surface area contributed by atoms with E-state index in [1.54, 1.807) is 0 Å². The van der Waals surface area contributed by atoms with Gasteiger partial charge < -0.3 is 4.90 Å². The van der Waals surface area contributed by atoms with Gasteiger partial charge in [-0.25, -0.2) is 0 Å². The molecule has 1 aromatic rings. The third-order valence-electron chi connectivity index (χ3n) is 2.09. The lowest BCUT2D eigenvalue weighted by atomic mass is 10.2. The van der Waals surface area contributed by atoms with Crippen LogP contribution in [0.3, 0.4) is 0 Å². The Hall–Kier alpha value is -1.31. The van der Waals surface area contributed by atoms with E-state index in [1.807, 2.05) is 18.2 Å². The van der Waals surface area contributed by atoms with Gasteiger partial charge in [0.05, 0.1) is 6.54 Å². The van der Waals surface area contributed by atoms with E-state index < -0.39 is 0 Å². The van der Waals surface area contributed by atoms with Crippen molar-refractivity contribution in [3.8, 4) is 0 Å². The van der Waals surface area contributed by atoms with Crippen LogP contribution in [0.5, 0.6) is 0 Å². The molecule has 1 aliphatic heterocycles. The summed E-state index contributed by atoms with van der Waals surface area (Å²) in [5, 5.41) is 0. The standard InChI is InChI=1S/C10H12N2/c1-12-8-7-11-10(12)9-5-3-2-4-6-9/h2-6H,7-8H2,1H3. The Morgan fingerprint density at radius 2 is 2.00 bits per heavy atom. The van der Waals surface area contributed by atoms with E-state index in [0.717, 1.165) is 18.9 Å². The summed E-state index contributed by atoms with van der Waals surface area (Å²) in [5.41, 5.74) is 1.22. The Morgan fingerprint density at radius 1 is 1.25 bits per heavy atom. The smallest absolute Gasteiger partial charge is 0.130 e. The maximum absolute atomic E-state index is 4.43. The number of rotatable bonds is 1. The van der Waals surface area contributed by atoms with Gasteiger partial charge in [-0.1, -0.05) is 30.3 Å². The highest BCUT2D eigenvalue weighted by Gasteiger charge is 2.12. The molecule has 1 heterocycles. The van der Waals surface area contributed by atoms with Gasteiger partial charge in [0.15, 0.2) is 0 Å². The Bertz CT molecular complexity index is 290. The van der Waals surface area contributed by atoms with Crippen molar-refractivity contribution in [3.05, 3.63) is 35.9 Å². The molecule has 1 aliphatic rings. The average Bonchev–Trinajstić information content (AvgIpc) is 2.53. The van der Waals surface area contributed by atoms with Crippen molar-refractivity contribution in [2.24, 2.45) is 4.99 Å². The molecule has 0 saturated heterocycles. The molecule has 2 rings (SSSR count). The predicted octanol–water partition coefficient (Wildman–Crippen LogP) is 1.38. The van der Waals surface area contributed by atoms with Gasteiger partial charge in [0, 0.05) is 19.2 Å². The molecule has 0 radical (unpaired) electrons. The van der Waals surface area contributed by atoms with Crippen LogP contribution in [0.4, 0.5) is 0 Å². The first-order chi connectivity index (χ1) is 5.88. The van der Waals surface area contributed by atoms with E-state index in [4.69, 9.17) is 0 Å². The molecule has 0 aliphatic carbocycles. The van der Waals surface area contributed by atoms with Crippen molar-refractivity contribution >= 4 is 5.84 Å². The molecule has 2 nitrogen and oxygen atoms in total. The van der Waals surface area contributed by atoms with Crippen LogP contribution in [-0.4, -0.2) is 30.9 Å². The van der Waals surface area contributed by atoms with Crippen molar-refractivity contribution in [1.29, 1.82) is 0 Å². The van der Waals surface area contributed by atoms with Crippen LogP contribution in [0.25, 0.3) is 0 Å². The van der Waals surface area contributed by atoms with Crippen molar-refractivity contribution in [1.82, 2.24) is 4.90 Å². The van der Waals surface area contributed by atoms with Gasteiger partial charge in [-0.2, -0.15) is 0 Å². The van der Waals surface area contributed by atoms with E-state index in [9.17, 15) is 0 Å². The number of amidine groups is 1. The van der Waals surface area contributed by atoms with Crippen LogP contribution in [0.2, 0.25) is 0 Å². The molecule has 0 unspecified atom stereocenters. The van der Waals surface area contributed by atoms with Gasteiger partial charge in [-0.15, -0.1) is 0 Å². The fourth-order valence-corrected chi connectivity index (χ4v) is 1.43. The summed E-state index contributed by atoms with van der Waals surface area (Å²) < 4.78 is 0. The molecule has 0 atom stereocenters. The lowest BCUT2D eigenvalue weighted by Crippen LogP contribution is -2.23. The molecule has 0 aromatic heterocycles. The summed E-state index contributed by atoms with van der Waals surface area (Å²) in [6, 6.07) is 10.3. The molecule has 0 N–H and O–H groups in total. The van der Waals surface area contributed by atoms with Crippen molar-refractivity contribution < 1.29 is 0 Å². The Kier molecular flexibility index (Phi) is 1.82. The summed E-state index contributed by atoms with van der Waals surface area (Å²) in [4.78, 5) is 6.62. The van der Waals surface area contributed by atoms with Crippen molar-refractivity contribution in [3.63, 3.8) is 0 Å². The lowest BCUT2D eigenvalue weighted by molar-refractivity contribution is 0.557. The molecule has 0 bridgehead atoms. The van der Waals surface area contributed by atoms with Crippen LogP contribution in [0.1, 0.15) is 5.56 Å². The zero-order valence-corrected chi connectivity index (χ0v) is 7.20. The van der Waals surface area contributed by atoms with Crippen molar-refractivity contribution in [2.75, 3.05) is 20.1 Å². The second-order valence-corrected chi connectivity index (χ2v) is 2.99. The van der Waals surface area contributed by atoms with Gasteiger partial charge in [0.2, 0.25) is 0 Å². The van der Waals surface area contributed by atoms with Crippen LogP contribution in [0, 0.1) is 0 Å². The normalized spacial score (nSPS) is 16.4. The fraction of sp³-hybridized carbons (Fsp3) is 0.300. The summed E-state index contributed by atoms with van der Waals surface area (Å²) in [6.07, 6.45) is 0. The maximum Gasteiger partial charge on any atom is 0.130 e. The van der Waals surface area contributed by atoms with Crippen LogP contribution in [0.15, 0.2) is 35.3 Å². The van der Waals surface area contributed by atoms with Gasteiger partial charge in [0.1, 0.15) is 5.84 Å². The lowest BCUT2D eigenvalue weighted by Gasteiger charge is -2.12. The SMILES string of the molecule is CN1CCN=C1c1ccccc1. The molecular weight excluding hydrogens is 148 g/mol. The Balaban J connectivity index is 2.31. The number of nitrogens with zero attached hydrogens (tertiary/aromatic N) is 2. The molecule has 0 fully saturated rings. The highest BCUT2D eigenvalue weighted by atomic mass is 15.2. The highest BCUT2D eigenvalue weighted by Crippen LogP contribution is 2.08. The summed E-state index contributed by atoms with van der Waals surface area (Å²) >= 11 is 0. The van der Waals surface area contributed by atoms with Crippen LogP contribution >= 0.6 is 0 Å². The minimum atomic E-state index is 0.931. The summed E-state index contributed by atoms with van der Waals surface area (Å²) in [7, 11) is 2.08. The first kappa shape index (κ1) is 7.35. The van der Waals surface area contributed by atoms with E-state index in [0.29, 0.717) is 0 Å². The predicted molar refractivity (Wildman–Crippen MR) is 50.5 cm³/mol. The summed E-state index contributed by atoms with van der Waals surface area (Å²) in [6.45, 7) is 1.98. The number of benzene rings is 1. The van der Waals surface area contributed by atoms with Gasteiger partial charge in [-0.3, -0.25) is 4.99 Å². The third-order valence-corrected chi connectivity index (χ3v) is 2.09. The second kappa shape index (κ2) is 2.97. The number of hydrogen-bond acceptors (Lipinski definition) is 2. The minimum absolute atomic E-state index is 0.931. The summed E-state index contributed by atoms with van der Waals surface area (Å²) in [5.74, 6) is 1.12. The van der Waals surface area contributed by atoms with Crippen molar-refractivity contribution in [2.45, 2.75) is 0 Å². The first-order valence-electron chi connectivity index (χ1n) is 4.19. The largest absolute Gasteiger partial charge is 0.358 e. The minimum Gasteiger partial charge on any atom is -0.358 e. The van der Waals surface area contributed by atoms with E-state index in [-0.39, 0.29) is 0 Å². The molecule has 2 heteroatoms. The molecule has 0 spiro atoms. The molecule has 0 amide bonds. The fourth-order valence-electron chi connectivity index (χ4n) is 1.43. The van der Waals surface area contributed by atoms with Gasteiger partial charge >= 0.3 is 0 Å². The monoisotopic (exact) mass is 160 g/mol. The molecule has 0 saturated carbocycles. The van der Waals surface area contributed by atoms with Crippen LogP contribution in [-0.2, 0) is 0 Å². The molecule has 12 heavy (non-hydrogen) atoms. The quantitative estimate of drug-likeness (QED) is 0.606. The maximum atomic E-state index is 4.43. The molecular formula is C10H12N2. The molecule has 62 valence electrons. The number of hydrogen-bond donors (Lipinski definition) is 0. The third kappa shape index (κ3) is 1.20. The average molecular weight is 160 g/mol. The van der Waals surface area contributed by atoms with Gasteiger partial charge in [0.25, 0.3) is 0 Å².